The number of hydrogen-bond donors (Lipinski definition) is 1. The number of Topliss-reactive ketones (excluding diaryl/α,β-unsaturated/α-hetero) is 1. The zero-order chi connectivity index (χ0) is 21.6. The number of ketones is 1. The van der Waals surface area contributed by atoms with Gasteiger partial charge in [0.2, 0.25) is 0 Å². The summed E-state index contributed by atoms with van der Waals surface area (Å²) in [5, 5.41) is 10.2. The normalized spacial score (nSPS) is 12.5. The van der Waals surface area contributed by atoms with Crippen molar-refractivity contribution in [2.75, 3.05) is 0 Å². The molecule has 0 amide bonds. The van der Waals surface area contributed by atoms with Crippen molar-refractivity contribution >= 4 is 28.4 Å². The first-order valence-electron chi connectivity index (χ1n) is 9.58. The number of imidazole rings is 1. The van der Waals surface area contributed by atoms with Gasteiger partial charge in [0.05, 0.1) is 22.6 Å². The third-order valence-electron chi connectivity index (χ3n) is 5.25. The first kappa shape index (κ1) is 20.3. The second-order valence-electron chi connectivity index (χ2n) is 7.36. The van der Waals surface area contributed by atoms with Crippen molar-refractivity contribution in [3.05, 3.63) is 82.1 Å². The first-order valence-corrected chi connectivity index (χ1v) is 9.96. The van der Waals surface area contributed by atoms with Crippen molar-refractivity contribution in [2.24, 2.45) is 0 Å². The van der Waals surface area contributed by atoms with E-state index in [0.29, 0.717) is 17.1 Å². The van der Waals surface area contributed by atoms with Gasteiger partial charge in [-0.3, -0.25) is 4.79 Å². The SMILES string of the molecule is Cc1cc(C(=O)Cn2c([C@H](C)O)nc3ccccc32)c(C)n1-c1ccc(F)c(Cl)c1. The van der Waals surface area contributed by atoms with Gasteiger partial charge in [-0.25, -0.2) is 9.37 Å². The Morgan fingerprint density at radius 2 is 1.93 bits per heavy atom. The van der Waals surface area contributed by atoms with Crippen LogP contribution in [-0.4, -0.2) is 25.0 Å². The van der Waals surface area contributed by atoms with Crippen LogP contribution in [0.5, 0.6) is 0 Å². The van der Waals surface area contributed by atoms with E-state index in [1.54, 1.807) is 23.6 Å². The van der Waals surface area contributed by atoms with Gasteiger partial charge in [0.25, 0.3) is 0 Å². The van der Waals surface area contributed by atoms with Gasteiger partial charge < -0.3 is 14.2 Å². The molecular weight excluding hydrogens is 405 g/mol. The van der Waals surface area contributed by atoms with E-state index in [9.17, 15) is 14.3 Å². The van der Waals surface area contributed by atoms with Gasteiger partial charge in [-0.1, -0.05) is 23.7 Å². The van der Waals surface area contributed by atoms with Crippen molar-refractivity contribution in [1.29, 1.82) is 0 Å². The molecule has 0 fully saturated rings. The molecule has 4 aromatic rings. The summed E-state index contributed by atoms with van der Waals surface area (Å²) < 4.78 is 17.2. The molecule has 0 bridgehead atoms. The molecule has 154 valence electrons. The van der Waals surface area contributed by atoms with Crippen LogP contribution in [0.1, 0.15) is 40.6 Å². The summed E-state index contributed by atoms with van der Waals surface area (Å²) in [5.41, 5.74) is 4.34. The van der Waals surface area contributed by atoms with E-state index in [1.165, 1.54) is 6.07 Å². The molecule has 0 aliphatic carbocycles. The van der Waals surface area contributed by atoms with E-state index in [4.69, 9.17) is 11.6 Å². The molecule has 2 heterocycles. The van der Waals surface area contributed by atoms with Gasteiger partial charge in [-0.15, -0.1) is 0 Å². The number of nitrogens with zero attached hydrogens (tertiary/aromatic N) is 3. The van der Waals surface area contributed by atoms with Gasteiger partial charge in [0.1, 0.15) is 17.7 Å². The second-order valence-corrected chi connectivity index (χ2v) is 7.77. The topological polar surface area (TPSA) is 60.1 Å². The Labute approximate surface area is 178 Å². The number of hydrogen-bond acceptors (Lipinski definition) is 3. The highest BCUT2D eigenvalue weighted by atomic mass is 35.5. The summed E-state index contributed by atoms with van der Waals surface area (Å²) in [6, 6.07) is 13.8. The Balaban J connectivity index is 1.75. The fourth-order valence-corrected chi connectivity index (χ4v) is 4.05. The molecule has 0 radical (unpaired) electrons. The summed E-state index contributed by atoms with van der Waals surface area (Å²) in [7, 11) is 0. The fraction of sp³-hybridized carbons (Fsp3) is 0.217. The van der Waals surface area contributed by atoms with Crippen LogP contribution in [0.25, 0.3) is 16.7 Å². The molecule has 0 saturated heterocycles. The number of aliphatic hydroxyl groups excluding tert-OH is 1. The average molecular weight is 426 g/mol. The molecule has 2 aromatic heterocycles. The minimum Gasteiger partial charge on any atom is -0.385 e. The predicted molar refractivity (Wildman–Crippen MR) is 115 cm³/mol. The van der Waals surface area contributed by atoms with E-state index < -0.39 is 11.9 Å². The molecule has 4 rings (SSSR count). The number of carbonyl (C=O) groups excluding carboxylic acids is 1. The lowest BCUT2D eigenvalue weighted by Gasteiger charge is -2.12. The number of aliphatic hydroxyl groups is 1. The number of aryl methyl sites for hydroxylation is 1. The van der Waals surface area contributed by atoms with Crippen LogP contribution in [0.3, 0.4) is 0 Å². The van der Waals surface area contributed by atoms with Gasteiger partial charge in [0, 0.05) is 22.6 Å². The number of rotatable bonds is 5. The Bertz CT molecular complexity index is 1270. The summed E-state index contributed by atoms with van der Waals surface area (Å²) in [6.45, 7) is 5.41. The maximum absolute atomic E-state index is 13.6. The average Bonchev–Trinajstić information content (AvgIpc) is 3.22. The minimum absolute atomic E-state index is 0.0272. The van der Waals surface area contributed by atoms with Crippen LogP contribution in [-0.2, 0) is 6.54 Å². The zero-order valence-electron chi connectivity index (χ0n) is 16.9. The molecule has 0 aliphatic heterocycles. The predicted octanol–water partition coefficient (Wildman–Crippen LogP) is 5.17. The second kappa shape index (κ2) is 7.70. The molecule has 2 aromatic carbocycles. The van der Waals surface area contributed by atoms with Crippen molar-refractivity contribution in [2.45, 2.75) is 33.4 Å². The van der Waals surface area contributed by atoms with E-state index in [2.05, 4.69) is 4.98 Å². The lowest BCUT2D eigenvalue weighted by Crippen LogP contribution is -2.15. The van der Waals surface area contributed by atoms with E-state index >= 15 is 0 Å². The largest absolute Gasteiger partial charge is 0.385 e. The summed E-state index contributed by atoms with van der Waals surface area (Å²) in [4.78, 5) is 17.7. The molecule has 0 saturated carbocycles. The molecule has 1 atom stereocenters. The summed E-state index contributed by atoms with van der Waals surface area (Å²) in [5.74, 6) is -0.145. The highest BCUT2D eigenvalue weighted by Crippen LogP contribution is 2.26. The maximum Gasteiger partial charge on any atom is 0.184 e. The third-order valence-corrected chi connectivity index (χ3v) is 5.54. The Morgan fingerprint density at radius 1 is 1.20 bits per heavy atom. The van der Waals surface area contributed by atoms with Gasteiger partial charge in [0.15, 0.2) is 5.78 Å². The number of fused-ring (bicyclic) bond motifs is 1. The van der Waals surface area contributed by atoms with Crippen LogP contribution in [0.4, 0.5) is 4.39 Å². The lowest BCUT2D eigenvalue weighted by molar-refractivity contribution is 0.0967. The molecule has 0 aliphatic rings. The van der Waals surface area contributed by atoms with Crippen LogP contribution < -0.4 is 0 Å². The first-order chi connectivity index (χ1) is 14.3. The van der Waals surface area contributed by atoms with Gasteiger partial charge in [-0.2, -0.15) is 0 Å². The quantitative estimate of drug-likeness (QED) is 0.448. The fourth-order valence-electron chi connectivity index (χ4n) is 3.87. The van der Waals surface area contributed by atoms with Crippen LogP contribution >= 0.6 is 11.6 Å². The number of benzene rings is 2. The number of halogens is 2. The monoisotopic (exact) mass is 425 g/mol. The molecule has 0 spiro atoms. The van der Waals surface area contributed by atoms with E-state index in [1.807, 2.05) is 48.7 Å². The Morgan fingerprint density at radius 3 is 2.63 bits per heavy atom. The smallest absolute Gasteiger partial charge is 0.184 e. The van der Waals surface area contributed by atoms with Crippen molar-refractivity contribution in [1.82, 2.24) is 14.1 Å². The summed E-state index contributed by atoms with van der Waals surface area (Å²) >= 11 is 5.95. The molecule has 5 nitrogen and oxygen atoms in total. The number of aromatic nitrogens is 3. The standard InChI is InChI=1S/C23H21ClFN3O2/c1-13-10-17(14(2)28(13)16-8-9-19(25)18(24)11-16)22(30)12-27-21-7-5-4-6-20(21)26-23(27)15(3)29/h4-11,15,29H,12H2,1-3H3/t15-/m0/s1. The van der Waals surface area contributed by atoms with Crippen molar-refractivity contribution < 1.29 is 14.3 Å². The molecule has 0 unspecified atom stereocenters. The van der Waals surface area contributed by atoms with Gasteiger partial charge >= 0.3 is 0 Å². The van der Waals surface area contributed by atoms with Crippen LogP contribution in [0.2, 0.25) is 5.02 Å². The van der Waals surface area contributed by atoms with E-state index in [-0.39, 0.29) is 17.4 Å². The highest BCUT2D eigenvalue weighted by molar-refractivity contribution is 6.30. The third kappa shape index (κ3) is 3.42. The van der Waals surface area contributed by atoms with Crippen LogP contribution in [0.15, 0.2) is 48.5 Å². The molecular formula is C23H21ClFN3O2. The lowest BCUT2D eigenvalue weighted by atomic mass is 10.1. The molecule has 30 heavy (non-hydrogen) atoms. The maximum atomic E-state index is 13.6. The Hall–Kier alpha value is -2.96. The van der Waals surface area contributed by atoms with Crippen LogP contribution in [0, 0.1) is 19.7 Å². The Kier molecular flexibility index (Phi) is 5.22. The highest BCUT2D eigenvalue weighted by Gasteiger charge is 2.21. The number of para-hydroxylation sites is 2. The van der Waals surface area contributed by atoms with E-state index in [0.717, 1.165) is 22.4 Å². The van der Waals surface area contributed by atoms with Crippen molar-refractivity contribution in [3.8, 4) is 5.69 Å². The molecule has 7 heteroatoms. The zero-order valence-corrected chi connectivity index (χ0v) is 17.6. The number of carbonyl (C=O) groups is 1. The van der Waals surface area contributed by atoms with Crippen molar-refractivity contribution in [3.63, 3.8) is 0 Å². The minimum atomic E-state index is -0.806. The molecule has 1 N–H and O–H groups in total. The summed E-state index contributed by atoms with van der Waals surface area (Å²) in [6.07, 6.45) is -0.806. The van der Waals surface area contributed by atoms with Gasteiger partial charge in [-0.05, 0) is 57.2 Å².